The third-order valence-corrected chi connectivity index (χ3v) is 5.48. The first kappa shape index (κ1) is 17.6. The molecule has 1 unspecified atom stereocenters. The van der Waals surface area contributed by atoms with Crippen molar-refractivity contribution in [2.75, 3.05) is 5.75 Å². The highest BCUT2D eigenvalue weighted by Crippen LogP contribution is 2.29. The molecule has 0 saturated carbocycles. The minimum absolute atomic E-state index is 0.245. The standard InChI is InChI=1S/C18H18FN5O2S/c1-10-14(15(23-17(26)21-10)12-4-2-3-5-13(12)19)16(25)20-8-11-9-24-6-7-27-18(24)22-11/h2-5,9,15H,6-8H2,1H3,(H,20,25)(H2,21,23,26). The Labute approximate surface area is 159 Å². The maximum Gasteiger partial charge on any atom is 0.319 e. The molecule has 2 aliphatic heterocycles. The number of nitrogens with one attached hydrogen (secondary N) is 3. The van der Waals surface area contributed by atoms with Crippen LogP contribution in [0.5, 0.6) is 0 Å². The number of imidazole rings is 1. The lowest BCUT2D eigenvalue weighted by Crippen LogP contribution is -2.47. The normalized spacial score (nSPS) is 18.7. The van der Waals surface area contributed by atoms with Gasteiger partial charge in [-0.15, -0.1) is 0 Å². The van der Waals surface area contributed by atoms with E-state index in [0.29, 0.717) is 5.70 Å². The Bertz CT molecular complexity index is 933. The van der Waals surface area contributed by atoms with E-state index in [-0.39, 0.29) is 23.6 Å². The van der Waals surface area contributed by atoms with Gasteiger partial charge in [-0.1, -0.05) is 30.0 Å². The van der Waals surface area contributed by atoms with Gasteiger partial charge >= 0.3 is 6.03 Å². The van der Waals surface area contributed by atoms with Crippen LogP contribution in [-0.4, -0.2) is 27.2 Å². The minimum atomic E-state index is -0.859. The highest BCUT2D eigenvalue weighted by atomic mass is 32.2. The van der Waals surface area contributed by atoms with Crippen molar-refractivity contribution in [2.45, 2.75) is 31.2 Å². The fourth-order valence-electron chi connectivity index (χ4n) is 3.25. The molecule has 3 amide bonds. The van der Waals surface area contributed by atoms with E-state index >= 15 is 0 Å². The first-order chi connectivity index (χ1) is 13.0. The van der Waals surface area contributed by atoms with E-state index in [0.717, 1.165) is 23.1 Å². The molecule has 2 aromatic rings. The fraction of sp³-hybridized carbons (Fsp3) is 0.278. The van der Waals surface area contributed by atoms with Gasteiger partial charge in [-0.05, 0) is 13.0 Å². The number of rotatable bonds is 4. The molecule has 9 heteroatoms. The number of hydrogen-bond donors (Lipinski definition) is 3. The van der Waals surface area contributed by atoms with Crippen LogP contribution in [0.3, 0.4) is 0 Å². The summed E-state index contributed by atoms with van der Waals surface area (Å²) in [5, 5.41) is 8.99. The average molecular weight is 387 g/mol. The number of benzene rings is 1. The molecule has 4 rings (SSSR count). The molecule has 0 fully saturated rings. The van der Waals surface area contributed by atoms with Crippen LogP contribution in [0.2, 0.25) is 0 Å². The summed E-state index contributed by atoms with van der Waals surface area (Å²) in [6.45, 7) is 2.80. The third-order valence-electron chi connectivity index (χ3n) is 4.51. The van der Waals surface area contributed by atoms with Crippen molar-refractivity contribution in [1.82, 2.24) is 25.5 Å². The third kappa shape index (κ3) is 3.42. The van der Waals surface area contributed by atoms with Crippen molar-refractivity contribution in [1.29, 1.82) is 0 Å². The van der Waals surface area contributed by atoms with E-state index in [1.807, 2.05) is 6.20 Å². The van der Waals surface area contributed by atoms with Crippen molar-refractivity contribution < 1.29 is 14.0 Å². The van der Waals surface area contributed by atoms with Crippen LogP contribution in [0.15, 0.2) is 46.9 Å². The molecule has 0 aliphatic carbocycles. The molecule has 0 radical (unpaired) electrons. The maximum atomic E-state index is 14.3. The van der Waals surface area contributed by atoms with E-state index in [1.54, 1.807) is 36.9 Å². The lowest BCUT2D eigenvalue weighted by atomic mass is 9.94. The summed E-state index contributed by atoms with van der Waals surface area (Å²) in [5.41, 5.74) is 1.68. The van der Waals surface area contributed by atoms with E-state index in [4.69, 9.17) is 0 Å². The van der Waals surface area contributed by atoms with Crippen LogP contribution in [0.1, 0.15) is 24.2 Å². The molecule has 140 valence electrons. The molecule has 7 nitrogen and oxygen atoms in total. The summed E-state index contributed by atoms with van der Waals surface area (Å²) in [7, 11) is 0. The molecule has 0 saturated heterocycles. The number of allylic oxidation sites excluding steroid dienone is 1. The van der Waals surface area contributed by atoms with Gasteiger partial charge in [0.05, 0.1) is 23.9 Å². The molecule has 1 atom stereocenters. The molecule has 0 spiro atoms. The van der Waals surface area contributed by atoms with E-state index < -0.39 is 17.9 Å². The smallest absolute Gasteiger partial charge is 0.319 e. The van der Waals surface area contributed by atoms with Gasteiger partial charge in [0.2, 0.25) is 0 Å². The predicted octanol–water partition coefficient (Wildman–Crippen LogP) is 2.07. The van der Waals surface area contributed by atoms with Crippen LogP contribution < -0.4 is 16.0 Å². The number of hydrogen-bond acceptors (Lipinski definition) is 4. The summed E-state index contributed by atoms with van der Waals surface area (Å²) >= 11 is 1.68. The first-order valence-corrected chi connectivity index (χ1v) is 9.51. The highest BCUT2D eigenvalue weighted by molar-refractivity contribution is 7.99. The molecular formula is C18H18FN5O2S. The monoisotopic (exact) mass is 387 g/mol. The zero-order valence-corrected chi connectivity index (χ0v) is 15.4. The number of halogens is 1. The Morgan fingerprint density at radius 1 is 1.44 bits per heavy atom. The minimum Gasteiger partial charge on any atom is -0.346 e. The Kier molecular flexibility index (Phi) is 4.61. The van der Waals surface area contributed by atoms with Gasteiger partial charge in [-0.25, -0.2) is 14.2 Å². The van der Waals surface area contributed by atoms with Crippen molar-refractivity contribution in [2.24, 2.45) is 0 Å². The molecule has 2 aliphatic rings. The van der Waals surface area contributed by atoms with Crippen LogP contribution in [-0.2, 0) is 17.9 Å². The van der Waals surface area contributed by atoms with Crippen LogP contribution in [0.4, 0.5) is 9.18 Å². The van der Waals surface area contributed by atoms with Gasteiger partial charge in [0.15, 0.2) is 5.16 Å². The number of urea groups is 1. The predicted molar refractivity (Wildman–Crippen MR) is 98.3 cm³/mol. The number of aromatic nitrogens is 2. The molecule has 1 aromatic carbocycles. The van der Waals surface area contributed by atoms with Gasteiger partial charge in [0, 0.05) is 29.8 Å². The lowest BCUT2D eigenvalue weighted by molar-refractivity contribution is -0.118. The number of amides is 3. The summed E-state index contributed by atoms with van der Waals surface area (Å²) in [6.07, 6.45) is 1.92. The Morgan fingerprint density at radius 2 is 2.26 bits per heavy atom. The summed E-state index contributed by atoms with van der Waals surface area (Å²) in [6, 6.07) is 4.76. The number of aryl methyl sites for hydroxylation is 1. The summed E-state index contributed by atoms with van der Waals surface area (Å²) < 4.78 is 16.3. The number of carbonyl (C=O) groups excluding carboxylic acids is 2. The average Bonchev–Trinajstić information content (AvgIpc) is 3.21. The quantitative estimate of drug-likeness (QED) is 0.750. The van der Waals surface area contributed by atoms with E-state index in [9.17, 15) is 14.0 Å². The number of thioether (sulfide) groups is 1. The van der Waals surface area contributed by atoms with Gasteiger partial charge in [-0.2, -0.15) is 0 Å². The molecule has 1 aromatic heterocycles. The second-order valence-corrected chi connectivity index (χ2v) is 7.39. The van der Waals surface area contributed by atoms with E-state index in [1.165, 1.54) is 6.07 Å². The second kappa shape index (κ2) is 7.07. The van der Waals surface area contributed by atoms with Crippen LogP contribution in [0, 0.1) is 5.82 Å². The SMILES string of the molecule is CC1=C(C(=O)NCc2cn3c(n2)SCC3)C(c2ccccc2F)NC(=O)N1. The Balaban J connectivity index is 1.56. The van der Waals surface area contributed by atoms with Crippen molar-refractivity contribution in [3.05, 3.63) is 58.8 Å². The maximum absolute atomic E-state index is 14.3. The number of carbonyl (C=O) groups is 2. The largest absolute Gasteiger partial charge is 0.346 e. The zero-order chi connectivity index (χ0) is 19.0. The van der Waals surface area contributed by atoms with Gasteiger partial charge < -0.3 is 20.5 Å². The highest BCUT2D eigenvalue weighted by Gasteiger charge is 2.32. The first-order valence-electron chi connectivity index (χ1n) is 8.52. The molecule has 0 bridgehead atoms. The Hall–Kier alpha value is -2.81. The fourth-order valence-corrected chi connectivity index (χ4v) is 4.21. The topological polar surface area (TPSA) is 88.1 Å². The number of nitrogens with zero attached hydrogens (tertiary/aromatic N) is 2. The van der Waals surface area contributed by atoms with Gasteiger partial charge in [-0.3, -0.25) is 4.79 Å². The number of fused-ring (bicyclic) bond motifs is 1. The molecule has 27 heavy (non-hydrogen) atoms. The summed E-state index contributed by atoms with van der Waals surface area (Å²) in [5.74, 6) is 0.149. The molecule has 3 N–H and O–H groups in total. The van der Waals surface area contributed by atoms with Gasteiger partial charge in [0.1, 0.15) is 5.82 Å². The van der Waals surface area contributed by atoms with Crippen molar-refractivity contribution in [3.63, 3.8) is 0 Å². The van der Waals surface area contributed by atoms with Crippen LogP contribution >= 0.6 is 11.8 Å². The van der Waals surface area contributed by atoms with Gasteiger partial charge in [0.25, 0.3) is 5.91 Å². The Morgan fingerprint density at radius 3 is 3.04 bits per heavy atom. The van der Waals surface area contributed by atoms with Crippen LogP contribution in [0.25, 0.3) is 0 Å². The van der Waals surface area contributed by atoms with Crippen molar-refractivity contribution >= 4 is 23.7 Å². The van der Waals surface area contributed by atoms with E-state index in [2.05, 4.69) is 25.5 Å². The second-order valence-electron chi connectivity index (χ2n) is 6.33. The molecular weight excluding hydrogens is 369 g/mol. The zero-order valence-electron chi connectivity index (χ0n) is 14.6. The lowest BCUT2D eigenvalue weighted by Gasteiger charge is -2.28. The molecule has 3 heterocycles. The van der Waals surface area contributed by atoms with Crippen molar-refractivity contribution in [3.8, 4) is 0 Å². The summed E-state index contributed by atoms with van der Waals surface area (Å²) in [4.78, 5) is 29.2.